The summed E-state index contributed by atoms with van der Waals surface area (Å²) in [4.78, 5) is 36.3. The molecule has 14 heteroatoms. The lowest BCUT2D eigenvalue weighted by Gasteiger charge is -2.36. The van der Waals surface area contributed by atoms with Crippen LogP contribution in [-0.4, -0.2) is 61.2 Å². The van der Waals surface area contributed by atoms with Crippen LogP contribution >= 0.6 is 11.3 Å². The van der Waals surface area contributed by atoms with Gasteiger partial charge in [0.1, 0.15) is 40.4 Å². The Balaban J connectivity index is 1.55. The van der Waals surface area contributed by atoms with Crippen molar-refractivity contribution in [3.63, 3.8) is 0 Å². The Hall–Kier alpha value is -5.50. The van der Waals surface area contributed by atoms with Crippen molar-refractivity contribution in [2.75, 3.05) is 20.2 Å². The molecule has 256 valence electrons. The van der Waals surface area contributed by atoms with E-state index < -0.39 is 36.0 Å². The second-order valence-electron chi connectivity index (χ2n) is 12.2. The maximum absolute atomic E-state index is 16.2. The van der Waals surface area contributed by atoms with Gasteiger partial charge in [-0.2, -0.15) is 5.10 Å². The molecule has 2 atom stereocenters. The highest BCUT2D eigenvalue weighted by atomic mass is 32.1. The Morgan fingerprint density at radius 2 is 1.86 bits per heavy atom. The maximum Gasteiger partial charge on any atom is 0.257 e. The van der Waals surface area contributed by atoms with E-state index in [-0.39, 0.29) is 45.6 Å². The largest absolute Gasteiger partial charge is 0.483 e. The minimum atomic E-state index is -1.04. The predicted molar refractivity (Wildman–Crippen MR) is 185 cm³/mol. The number of rotatable bonds is 7. The van der Waals surface area contributed by atoms with Crippen molar-refractivity contribution >= 4 is 44.3 Å². The fourth-order valence-electron chi connectivity index (χ4n) is 6.56. The lowest BCUT2D eigenvalue weighted by molar-refractivity contribution is -0.129. The number of amides is 2. The van der Waals surface area contributed by atoms with Gasteiger partial charge in [-0.15, -0.1) is 11.3 Å². The molecule has 5 heterocycles. The summed E-state index contributed by atoms with van der Waals surface area (Å²) in [5.74, 6) is -2.93. The number of ether oxygens (including phenoxy) is 1. The summed E-state index contributed by atoms with van der Waals surface area (Å²) in [6.45, 7) is 9.11. The van der Waals surface area contributed by atoms with Crippen molar-refractivity contribution in [3.8, 4) is 39.5 Å². The molecule has 7 rings (SSSR count). The van der Waals surface area contributed by atoms with E-state index in [1.807, 2.05) is 50.6 Å². The third-order valence-corrected chi connectivity index (χ3v) is 10.2. The zero-order chi connectivity index (χ0) is 35.6. The number of pyridine rings is 1. The maximum atomic E-state index is 16.2. The van der Waals surface area contributed by atoms with Gasteiger partial charge in [0.05, 0.1) is 44.8 Å². The molecule has 0 saturated carbocycles. The molecule has 0 fully saturated rings. The number of carbonyl (C=O) groups is 2. The van der Waals surface area contributed by atoms with Crippen molar-refractivity contribution in [2.24, 2.45) is 7.05 Å². The molecule has 0 saturated heterocycles. The number of nitrogens with zero attached hydrogens (tertiary/aromatic N) is 6. The van der Waals surface area contributed by atoms with Gasteiger partial charge in [-0.25, -0.2) is 23.1 Å². The van der Waals surface area contributed by atoms with Crippen LogP contribution in [-0.2, 0) is 16.6 Å². The minimum absolute atomic E-state index is 0.0172. The highest BCUT2D eigenvalue weighted by molar-refractivity contribution is 7.17. The fraction of sp³-hybridized carbons (Fsp3) is 0.250. The molecule has 50 heavy (non-hydrogen) atoms. The van der Waals surface area contributed by atoms with Gasteiger partial charge in [0.15, 0.2) is 6.61 Å². The first-order chi connectivity index (χ1) is 23.9. The standard InChI is InChI=1S/C36H32F3N7O3S/c1-7-30(48)45-14-17(2)46-27(18(45)3)13-25(43-46)35-33(31-22(38)11-21(37)12-28(31)49-15-29(47)40-5)32-23(39)16-50-36(32)34(42-35)20-8-9-26-24(10-20)41-19(4)44(26)6/h7-13,16-18H,1,14-15H2,2-6H3,(H,40,47)/t17-,18+/m0/s1. The third-order valence-electron chi connectivity index (χ3n) is 9.19. The predicted octanol–water partition coefficient (Wildman–Crippen LogP) is 6.88. The molecule has 2 aromatic carbocycles. The lowest BCUT2D eigenvalue weighted by atomic mass is 9.94. The van der Waals surface area contributed by atoms with Crippen LogP contribution in [0.2, 0.25) is 0 Å². The SMILES string of the molecule is C=CC(=O)N1C[C@H](C)n2nc(-c3nc(-c4ccc5c(c4)nc(C)n5C)c4scc(F)c4c3-c3c(F)cc(F)cc3OCC(=O)NC)cc2[C@H]1C. The van der Waals surface area contributed by atoms with Crippen molar-refractivity contribution in [1.82, 2.24) is 34.5 Å². The van der Waals surface area contributed by atoms with Crippen LogP contribution in [0, 0.1) is 24.4 Å². The first kappa shape index (κ1) is 33.0. The van der Waals surface area contributed by atoms with E-state index in [1.54, 1.807) is 15.6 Å². The van der Waals surface area contributed by atoms with Gasteiger partial charge >= 0.3 is 0 Å². The smallest absolute Gasteiger partial charge is 0.257 e. The van der Waals surface area contributed by atoms with E-state index in [2.05, 4.69) is 16.9 Å². The summed E-state index contributed by atoms with van der Waals surface area (Å²) in [6, 6.07) is 8.34. The first-order valence-corrected chi connectivity index (χ1v) is 16.7. The van der Waals surface area contributed by atoms with Gasteiger partial charge in [-0.1, -0.05) is 12.6 Å². The molecule has 1 aliphatic heterocycles. The normalized spacial score (nSPS) is 15.8. The van der Waals surface area contributed by atoms with E-state index in [0.29, 0.717) is 39.8 Å². The Morgan fingerprint density at radius 1 is 1.08 bits per heavy atom. The van der Waals surface area contributed by atoms with Crippen LogP contribution in [0.5, 0.6) is 5.75 Å². The van der Waals surface area contributed by atoms with Crippen LogP contribution in [0.1, 0.15) is 37.4 Å². The lowest BCUT2D eigenvalue weighted by Crippen LogP contribution is -2.42. The molecule has 4 aromatic heterocycles. The second kappa shape index (κ2) is 12.4. The molecule has 0 bridgehead atoms. The van der Waals surface area contributed by atoms with Gasteiger partial charge in [-0.3, -0.25) is 14.3 Å². The summed E-state index contributed by atoms with van der Waals surface area (Å²) < 4.78 is 56.9. The van der Waals surface area contributed by atoms with Crippen LogP contribution in [0.25, 0.3) is 54.9 Å². The number of aryl methyl sites for hydroxylation is 2. The van der Waals surface area contributed by atoms with E-state index in [4.69, 9.17) is 14.8 Å². The van der Waals surface area contributed by atoms with Crippen molar-refractivity contribution in [2.45, 2.75) is 32.9 Å². The number of benzene rings is 2. The van der Waals surface area contributed by atoms with Gasteiger partial charge in [-0.05, 0) is 45.0 Å². The molecule has 0 aliphatic carbocycles. The summed E-state index contributed by atoms with van der Waals surface area (Å²) in [7, 11) is 3.31. The Morgan fingerprint density at radius 3 is 2.60 bits per heavy atom. The quantitative estimate of drug-likeness (QED) is 0.182. The molecule has 10 nitrogen and oxygen atoms in total. The number of hydrogen-bond donors (Lipinski definition) is 1. The molecule has 6 aromatic rings. The molecule has 1 aliphatic rings. The number of fused-ring (bicyclic) bond motifs is 3. The molecule has 1 N–H and O–H groups in total. The summed E-state index contributed by atoms with van der Waals surface area (Å²) >= 11 is 1.09. The highest BCUT2D eigenvalue weighted by Gasteiger charge is 2.34. The molecule has 2 amide bonds. The van der Waals surface area contributed by atoms with E-state index in [1.165, 1.54) is 18.5 Å². The fourth-order valence-corrected chi connectivity index (χ4v) is 7.49. The number of carbonyl (C=O) groups excluding carboxylic acids is 2. The number of hydrogen-bond acceptors (Lipinski definition) is 7. The van der Waals surface area contributed by atoms with Crippen molar-refractivity contribution in [1.29, 1.82) is 0 Å². The molecular formula is C36H32F3N7O3S. The number of likely N-dealkylation sites (N-methyl/N-ethyl adjacent to an activating group) is 1. The highest BCUT2D eigenvalue weighted by Crippen LogP contribution is 2.48. The number of aromatic nitrogens is 5. The second-order valence-corrected chi connectivity index (χ2v) is 13.1. The van der Waals surface area contributed by atoms with Crippen LogP contribution in [0.4, 0.5) is 13.2 Å². The minimum Gasteiger partial charge on any atom is -0.483 e. The van der Waals surface area contributed by atoms with Gasteiger partial charge in [0.2, 0.25) is 5.91 Å². The summed E-state index contributed by atoms with van der Waals surface area (Å²) in [6.07, 6.45) is 1.26. The third kappa shape index (κ3) is 5.30. The van der Waals surface area contributed by atoms with Crippen LogP contribution < -0.4 is 10.1 Å². The zero-order valence-electron chi connectivity index (χ0n) is 27.8. The Bertz CT molecular complexity index is 2380. The van der Waals surface area contributed by atoms with Crippen LogP contribution in [0.3, 0.4) is 0 Å². The number of halogens is 3. The average molecular weight is 700 g/mol. The molecule has 0 unspecified atom stereocenters. The van der Waals surface area contributed by atoms with Crippen molar-refractivity contribution < 1.29 is 27.5 Å². The van der Waals surface area contributed by atoms with Crippen LogP contribution in [0.15, 0.2) is 54.4 Å². The number of nitrogens with one attached hydrogen (secondary N) is 1. The monoisotopic (exact) mass is 699 g/mol. The molecule has 0 spiro atoms. The average Bonchev–Trinajstić information content (AvgIpc) is 3.80. The van der Waals surface area contributed by atoms with E-state index >= 15 is 8.78 Å². The number of imidazole rings is 1. The molecular weight excluding hydrogens is 668 g/mol. The zero-order valence-corrected chi connectivity index (χ0v) is 28.7. The Kier molecular flexibility index (Phi) is 8.21. The van der Waals surface area contributed by atoms with Crippen molar-refractivity contribution in [3.05, 3.63) is 83.4 Å². The van der Waals surface area contributed by atoms with E-state index in [0.717, 1.165) is 28.7 Å². The Labute approximate surface area is 288 Å². The topological polar surface area (TPSA) is 107 Å². The van der Waals surface area contributed by atoms with E-state index in [9.17, 15) is 14.0 Å². The molecule has 0 radical (unpaired) electrons. The summed E-state index contributed by atoms with van der Waals surface area (Å²) in [5, 5.41) is 8.64. The van der Waals surface area contributed by atoms with Gasteiger partial charge in [0, 0.05) is 54.7 Å². The first-order valence-electron chi connectivity index (χ1n) is 15.8. The summed E-state index contributed by atoms with van der Waals surface area (Å²) in [5.41, 5.74) is 3.40. The van der Waals surface area contributed by atoms with Gasteiger partial charge < -0.3 is 19.5 Å². The van der Waals surface area contributed by atoms with Gasteiger partial charge in [0.25, 0.3) is 5.91 Å². The number of thiophene rings is 1.